The van der Waals surface area contributed by atoms with Crippen molar-refractivity contribution in [1.82, 2.24) is 10.2 Å². The lowest BCUT2D eigenvalue weighted by Gasteiger charge is -2.46. The third kappa shape index (κ3) is 3.10. The Morgan fingerprint density at radius 2 is 1.82 bits per heavy atom. The summed E-state index contributed by atoms with van der Waals surface area (Å²) in [5.74, 6) is -1.93. The topological polar surface area (TPSA) is 86.7 Å². The third-order valence-corrected chi connectivity index (χ3v) is 3.65. The second-order valence-corrected chi connectivity index (χ2v) is 6.47. The zero-order chi connectivity index (χ0) is 16.5. The lowest BCUT2D eigenvalue weighted by atomic mass is 9.87. The number of benzene rings is 1. The molecule has 6 heteroatoms. The SMILES string of the molecule is CC(C)(C)C1NC(=O)CC(C(=O)O)N1C(=O)c1ccccc1. The lowest BCUT2D eigenvalue weighted by Crippen LogP contribution is -2.66. The van der Waals surface area contributed by atoms with E-state index in [4.69, 9.17) is 0 Å². The van der Waals surface area contributed by atoms with E-state index in [0.29, 0.717) is 5.56 Å². The van der Waals surface area contributed by atoms with Crippen molar-refractivity contribution in [2.75, 3.05) is 0 Å². The van der Waals surface area contributed by atoms with Crippen LogP contribution in [0.2, 0.25) is 0 Å². The van der Waals surface area contributed by atoms with Gasteiger partial charge in [-0.05, 0) is 12.1 Å². The molecular weight excluding hydrogens is 284 g/mol. The Labute approximate surface area is 129 Å². The van der Waals surface area contributed by atoms with E-state index in [1.54, 1.807) is 30.3 Å². The van der Waals surface area contributed by atoms with E-state index >= 15 is 0 Å². The molecule has 1 aromatic rings. The van der Waals surface area contributed by atoms with Crippen LogP contribution in [0.25, 0.3) is 0 Å². The van der Waals surface area contributed by atoms with Crippen LogP contribution in [0.3, 0.4) is 0 Å². The first-order valence-electron chi connectivity index (χ1n) is 7.11. The van der Waals surface area contributed by atoms with Crippen molar-refractivity contribution in [3.63, 3.8) is 0 Å². The fraction of sp³-hybridized carbons (Fsp3) is 0.438. The number of amides is 2. The normalized spacial score (nSPS) is 22.1. The fourth-order valence-corrected chi connectivity index (χ4v) is 2.56. The maximum atomic E-state index is 12.8. The average molecular weight is 304 g/mol. The zero-order valence-electron chi connectivity index (χ0n) is 12.9. The molecule has 2 unspecified atom stereocenters. The molecule has 0 aliphatic carbocycles. The second-order valence-electron chi connectivity index (χ2n) is 6.47. The van der Waals surface area contributed by atoms with E-state index < -0.39 is 29.5 Å². The Hall–Kier alpha value is -2.37. The molecule has 22 heavy (non-hydrogen) atoms. The summed E-state index contributed by atoms with van der Waals surface area (Å²) in [5.41, 5.74) is -0.0899. The Bertz CT molecular complexity index is 592. The highest BCUT2D eigenvalue weighted by Crippen LogP contribution is 2.29. The van der Waals surface area contributed by atoms with Gasteiger partial charge in [0.25, 0.3) is 5.91 Å². The summed E-state index contributed by atoms with van der Waals surface area (Å²) in [5, 5.41) is 12.2. The van der Waals surface area contributed by atoms with Gasteiger partial charge in [-0.2, -0.15) is 0 Å². The van der Waals surface area contributed by atoms with E-state index in [9.17, 15) is 19.5 Å². The highest BCUT2D eigenvalue weighted by molar-refractivity contribution is 5.99. The van der Waals surface area contributed by atoms with Gasteiger partial charge in [-0.3, -0.25) is 9.59 Å². The van der Waals surface area contributed by atoms with Crippen LogP contribution in [0.1, 0.15) is 37.6 Å². The van der Waals surface area contributed by atoms with Gasteiger partial charge in [-0.25, -0.2) is 4.79 Å². The molecule has 1 aliphatic rings. The van der Waals surface area contributed by atoms with E-state index in [0.717, 1.165) is 0 Å². The number of hydrogen-bond donors (Lipinski definition) is 2. The van der Waals surface area contributed by atoms with E-state index in [1.165, 1.54) is 4.90 Å². The van der Waals surface area contributed by atoms with Crippen LogP contribution in [0.4, 0.5) is 0 Å². The Kier molecular flexibility index (Phi) is 4.21. The van der Waals surface area contributed by atoms with E-state index in [2.05, 4.69) is 5.32 Å². The molecule has 1 saturated heterocycles. The van der Waals surface area contributed by atoms with Gasteiger partial charge in [-0.15, -0.1) is 0 Å². The second kappa shape index (κ2) is 5.79. The van der Waals surface area contributed by atoms with Crippen molar-refractivity contribution in [3.05, 3.63) is 35.9 Å². The minimum absolute atomic E-state index is 0.236. The molecule has 0 aromatic heterocycles. The van der Waals surface area contributed by atoms with Crippen LogP contribution in [0, 0.1) is 5.41 Å². The average Bonchev–Trinajstić information content (AvgIpc) is 2.45. The van der Waals surface area contributed by atoms with Gasteiger partial charge in [0, 0.05) is 11.0 Å². The number of nitrogens with one attached hydrogen (secondary N) is 1. The molecule has 0 saturated carbocycles. The number of nitrogens with zero attached hydrogens (tertiary/aromatic N) is 1. The van der Waals surface area contributed by atoms with Crippen LogP contribution < -0.4 is 5.32 Å². The quantitative estimate of drug-likeness (QED) is 0.866. The van der Waals surface area contributed by atoms with Gasteiger partial charge in [-0.1, -0.05) is 39.0 Å². The summed E-state index contributed by atoms with van der Waals surface area (Å²) < 4.78 is 0. The van der Waals surface area contributed by atoms with Crippen molar-refractivity contribution < 1.29 is 19.5 Å². The van der Waals surface area contributed by atoms with Crippen LogP contribution in [0.15, 0.2) is 30.3 Å². The molecule has 1 aromatic carbocycles. The monoisotopic (exact) mass is 304 g/mol. The van der Waals surface area contributed by atoms with Crippen LogP contribution >= 0.6 is 0 Å². The summed E-state index contributed by atoms with van der Waals surface area (Å²) in [4.78, 5) is 37.4. The minimum atomic E-state index is -1.17. The van der Waals surface area contributed by atoms with E-state index in [-0.39, 0.29) is 12.3 Å². The highest BCUT2D eigenvalue weighted by atomic mass is 16.4. The number of aliphatic carboxylic acids is 1. The Morgan fingerprint density at radius 1 is 1.23 bits per heavy atom. The fourth-order valence-electron chi connectivity index (χ4n) is 2.56. The number of carbonyl (C=O) groups is 3. The smallest absolute Gasteiger partial charge is 0.327 e. The van der Waals surface area contributed by atoms with Gasteiger partial charge in [0.15, 0.2) is 0 Å². The Balaban J connectivity index is 2.46. The first-order valence-corrected chi connectivity index (χ1v) is 7.11. The molecule has 1 heterocycles. The number of carboxylic acids is 1. The van der Waals surface area contributed by atoms with E-state index in [1.807, 2.05) is 20.8 Å². The molecule has 0 radical (unpaired) electrons. The van der Waals surface area contributed by atoms with Crippen molar-refractivity contribution in [1.29, 1.82) is 0 Å². The van der Waals surface area contributed by atoms with Gasteiger partial charge in [0.1, 0.15) is 12.2 Å². The molecule has 6 nitrogen and oxygen atoms in total. The molecule has 2 rings (SSSR count). The molecule has 1 aliphatic heterocycles. The van der Waals surface area contributed by atoms with Gasteiger partial charge >= 0.3 is 5.97 Å². The van der Waals surface area contributed by atoms with Gasteiger partial charge in [0.05, 0.1) is 6.42 Å². The van der Waals surface area contributed by atoms with Crippen molar-refractivity contribution in [2.45, 2.75) is 39.4 Å². The molecule has 1 fully saturated rings. The first kappa shape index (κ1) is 16.0. The van der Waals surface area contributed by atoms with Crippen molar-refractivity contribution in [3.8, 4) is 0 Å². The lowest BCUT2D eigenvalue weighted by molar-refractivity contribution is -0.151. The number of carboxylic acid groups (broad SMARTS) is 1. The standard InChI is InChI=1S/C16H20N2O4/c1-16(2,3)15-17-12(19)9-11(14(21)22)18(15)13(20)10-7-5-4-6-8-10/h4-8,11,15H,9H2,1-3H3,(H,17,19)(H,21,22). The van der Waals surface area contributed by atoms with Crippen LogP contribution in [0.5, 0.6) is 0 Å². The molecule has 2 N–H and O–H groups in total. The van der Waals surface area contributed by atoms with Crippen LogP contribution in [-0.4, -0.2) is 40.0 Å². The molecule has 2 amide bonds. The predicted molar refractivity (Wildman–Crippen MR) is 80.0 cm³/mol. The first-order chi connectivity index (χ1) is 10.2. The number of carbonyl (C=O) groups excluding carboxylic acids is 2. The van der Waals surface area contributed by atoms with Gasteiger partial charge in [0.2, 0.25) is 5.91 Å². The molecular formula is C16H20N2O4. The maximum Gasteiger partial charge on any atom is 0.327 e. The largest absolute Gasteiger partial charge is 0.480 e. The molecule has 2 atom stereocenters. The number of hydrogen-bond acceptors (Lipinski definition) is 3. The zero-order valence-corrected chi connectivity index (χ0v) is 12.9. The molecule has 0 bridgehead atoms. The minimum Gasteiger partial charge on any atom is -0.480 e. The third-order valence-electron chi connectivity index (χ3n) is 3.65. The predicted octanol–water partition coefficient (Wildman–Crippen LogP) is 1.47. The molecule has 0 spiro atoms. The Morgan fingerprint density at radius 3 is 2.32 bits per heavy atom. The molecule has 118 valence electrons. The van der Waals surface area contributed by atoms with Crippen LogP contribution in [-0.2, 0) is 9.59 Å². The van der Waals surface area contributed by atoms with Crippen molar-refractivity contribution >= 4 is 17.8 Å². The number of rotatable bonds is 2. The summed E-state index contributed by atoms with van der Waals surface area (Å²) in [6, 6.07) is 7.33. The van der Waals surface area contributed by atoms with Crippen molar-refractivity contribution in [2.24, 2.45) is 5.41 Å². The summed E-state index contributed by atoms with van der Waals surface area (Å²) in [6.07, 6.45) is -0.914. The summed E-state index contributed by atoms with van der Waals surface area (Å²) in [7, 11) is 0. The maximum absolute atomic E-state index is 12.8. The summed E-state index contributed by atoms with van der Waals surface area (Å²) in [6.45, 7) is 5.56. The summed E-state index contributed by atoms with van der Waals surface area (Å²) >= 11 is 0. The van der Waals surface area contributed by atoms with Gasteiger partial charge < -0.3 is 15.3 Å². The highest BCUT2D eigenvalue weighted by Gasteiger charge is 2.46.